The maximum atomic E-state index is 12.7. The molecule has 0 aliphatic carbocycles. The van der Waals surface area contributed by atoms with Crippen molar-refractivity contribution in [2.75, 3.05) is 12.4 Å². The fourth-order valence-electron chi connectivity index (χ4n) is 0.760. The minimum atomic E-state index is -3.53. The molecule has 0 bridgehead atoms. The van der Waals surface area contributed by atoms with Gasteiger partial charge < -0.3 is 0 Å². The van der Waals surface area contributed by atoms with Gasteiger partial charge in [0.15, 0.2) is 0 Å². The summed E-state index contributed by atoms with van der Waals surface area (Å²) in [5.74, 6) is -0.00653. The van der Waals surface area contributed by atoms with Crippen LogP contribution in [0.2, 0.25) is 0 Å². The standard InChI is InChI=1S/C5H6F4S/c6-3-4(7)1-2-10-5(4,8)9/h1-3H2. The molecule has 0 aromatic heterocycles. The lowest BCUT2D eigenvalue weighted by Gasteiger charge is -2.21. The van der Waals surface area contributed by atoms with Gasteiger partial charge in [0.2, 0.25) is 5.67 Å². The van der Waals surface area contributed by atoms with Crippen molar-refractivity contribution in [3.05, 3.63) is 0 Å². The van der Waals surface area contributed by atoms with Gasteiger partial charge in [-0.15, -0.1) is 0 Å². The van der Waals surface area contributed by atoms with E-state index in [1.165, 1.54) is 0 Å². The fraction of sp³-hybridized carbons (Fsp3) is 1.00. The van der Waals surface area contributed by atoms with E-state index in [1.54, 1.807) is 0 Å². The Labute approximate surface area is 60.0 Å². The number of alkyl halides is 4. The summed E-state index contributed by atoms with van der Waals surface area (Å²) in [5.41, 5.74) is -2.91. The van der Waals surface area contributed by atoms with E-state index in [0.29, 0.717) is 0 Å². The first kappa shape index (κ1) is 8.17. The Bertz CT molecular complexity index is 138. The van der Waals surface area contributed by atoms with Crippen molar-refractivity contribution < 1.29 is 17.6 Å². The van der Waals surface area contributed by atoms with E-state index in [1.807, 2.05) is 0 Å². The molecule has 1 aliphatic heterocycles. The van der Waals surface area contributed by atoms with E-state index in [2.05, 4.69) is 0 Å². The largest absolute Gasteiger partial charge is 0.329 e. The molecule has 1 atom stereocenters. The maximum absolute atomic E-state index is 12.7. The Balaban J connectivity index is 2.76. The van der Waals surface area contributed by atoms with Crippen LogP contribution in [0.3, 0.4) is 0 Å². The van der Waals surface area contributed by atoms with Gasteiger partial charge in [0.25, 0.3) is 0 Å². The van der Waals surface area contributed by atoms with Crippen molar-refractivity contribution in [2.45, 2.75) is 17.3 Å². The molecule has 1 aliphatic rings. The Kier molecular flexibility index (Phi) is 1.87. The fourth-order valence-corrected chi connectivity index (χ4v) is 1.86. The van der Waals surface area contributed by atoms with Gasteiger partial charge in [-0.2, -0.15) is 8.78 Å². The second kappa shape index (κ2) is 2.29. The van der Waals surface area contributed by atoms with Gasteiger partial charge in [-0.05, 0) is 0 Å². The van der Waals surface area contributed by atoms with Crippen molar-refractivity contribution in [1.29, 1.82) is 0 Å². The molecule has 10 heavy (non-hydrogen) atoms. The molecule has 1 heterocycles. The first-order valence-corrected chi connectivity index (χ1v) is 3.77. The second-order valence-electron chi connectivity index (χ2n) is 2.21. The predicted octanol–water partition coefficient (Wildman–Crippen LogP) is 2.39. The molecule has 0 nitrogen and oxygen atoms in total. The zero-order valence-electron chi connectivity index (χ0n) is 5.04. The lowest BCUT2D eigenvalue weighted by Crippen LogP contribution is -2.39. The molecule has 0 spiro atoms. The van der Waals surface area contributed by atoms with Crippen LogP contribution < -0.4 is 0 Å². The zero-order valence-corrected chi connectivity index (χ0v) is 5.86. The third kappa shape index (κ3) is 1.00. The lowest BCUT2D eigenvalue weighted by molar-refractivity contribution is -0.0688. The zero-order chi connectivity index (χ0) is 7.83. The third-order valence-electron chi connectivity index (χ3n) is 1.52. The summed E-state index contributed by atoms with van der Waals surface area (Å²) < 4.78 is 49.1. The highest BCUT2D eigenvalue weighted by Crippen LogP contribution is 2.50. The van der Waals surface area contributed by atoms with E-state index in [4.69, 9.17) is 0 Å². The smallest absolute Gasteiger partial charge is 0.247 e. The highest BCUT2D eigenvalue weighted by Gasteiger charge is 2.59. The first-order chi connectivity index (χ1) is 4.52. The van der Waals surface area contributed by atoms with E-state index in [9.17, 15) is 17.6 Å². The summed E-state index contributed by atoms with van der Waals surface area (Å²) in [6.07, 6.45) is -0.388. The van der Waals surface area contributed by atoms with Crippen LogP contribution in [-0.2, 0) is 0 Å². The van der Waals surface area contributed by atoms with Crippen LogP contribution in [0.15, 0.2) is 0 Å². The van der Waals surface area contributed by atoms with E-state index in [0.717, 1.165) is 0 Å². The maximum Gasteiger partial charge on any atom is 0.329 e. The Morgan fingerprint density at radius 1 is 1.30 bits per heavy atom. The van der Waals surface area contributed by atoms with Crippen LogP contribution in [0.1, 0.15) is 6.42 Å². The van der Waals surface area contributed by atoms with E-state index >= 15 is 0 Å². The number of thioether (sulfide) groups is 1. The van der Waals surface area contributed by atoms with Crippen LogP contribution in [0, 0.1) is 0 Å². The first-order valence-electron chi connectivity index (χ1n) is 2.78. The molecule has 0 aromatic rings. The van der Waals surface area contributed by atoms with Gasteiger partial charge in [-0.3, -0.25) is 0 Å². The minimum absolute atomic E-state index is 0.00653. The van der Waals surface area contributed by atoms with Gasteiger partial charge in [0.1, 0.15) is 6.67 Å². The van der Waals surface area contributed by atoms with Crippen molar-refractivity contribution in [2.24, 2.45) is 0 Å². The summed E-state index contributed by atoms with van der Waals surface area (Å²) >= 11 is 0.183. The highest BCUT2D eigenvalue weighted by molar-refractivity contribution is 8.00. The van der Waals surface area contributed by atoms with Gasteiger partial charge >= 0.3 is 5.25 Å². The lowest BCUT2D eigenvalue weighted by atomic mass is 10.1. The normalized spacial score (nSPS) is 38.4. The highest BCUT2D eigenvalue weighted by atomic mass is 32.2. The predicted molar refractivity (Wildman–Crippen MR) is 31.8 cm³/mol. The Morgan fingerprint density at radius 3 is 2.10 bits per heavy atom. The van der Waals surface area contributed by atoms with Crippen LogP contribution >= 0.6 is 11.8 Å². The van der Waals surface area contributed by atoms with Crippen molar-refractivity contribution in [1.82, 2.24) is 0 Å². The molecule has 1 fully saturated rings. The second-order valence-corrected chi connectivity index (χ2v) is 3.42. The molecule has 0 aromatic carbocycles. The SMILES string of the molecule is FCC1(F)CCSC1(F)F. The van der Waals surface area contributed by atoms with Crippen LogP contribution in [0.4, 0.5) is 17.6 Å². The molecule has 0 amide bonds. The van der Waals surface area contributed by atoms with Gasteiger partial charge in [0.05, 0.1) is 0 Å². The Hall–Kier alpha value is 0.0700. The summed E-state index contributed by atoms with van der Waals surface area (Å²) in [4.78, 5) is 0. The molecular formula is C5H6F4S. The molecule has 0 saturated carbocycles. The summed E-state index contributed by atoms with van der Waals surface area (Å²) in [6.45, 7) is -1.59. The summed E-state index contributed by atoms with van der Waals surface area (Å²) in [5, 5.41) is -3.53. The van der Waals surface area contributed by atoms with Crippen molar-refractivity contribution >= 4 is 11.8 Å². The molecule has 5 heteroatoms. The number of hydrogen-bond donors (Lipinski definition) is 0. The van der Waals surface area contributed by atoms with Crippen LogP contribution in [-0.4, -0.2) is 23.4 Å². The van der Waals surface area contributed by atoms with E-state index in [-0.39, 0.29) is 23.9 Å². The topological polar surface area (TPSA) is 0 Å². The molecule has 1 saturated heterocycles. The van der Waals surface area contributed by atoms with Crippen molar-refractivity contribution in [3.8, 4) is 0 Å². The number of hydrogen-bond acceptors (Lipinski definition) is 1. The summed E-state index contributed by atoms with van der Waals surface area (Å²) in [7, 11) is 0. The molecule has 0 radical (unpaired) electrons. The number of rotatable bonds is 1. The quantitative estimate of drug-likeness (QED) is 0.550. The molecule has 60 valence electrons. The molecule has 1 rings (SSSR count). The van der Waals surface area contributed by atoms with Gasteiger partial charge in [-0.25, -0.2) is 8.78 Å². The number of halogens is 4. The Morgan fingerprint density at radius 2 is 1.90 bits per heavy atom. The minimum Gasteiger partial charge on any atom is -0.247 e. The summed E-state index contributed by atoms with van der Waals surface area (Å²) in [6, 6.07) is 0. The molecule has 0 N–H and O–H groups in total. The monoisotopic (exact) mass is 174 g/mol. The van der Waals surface area contributed by atoms with Crippen LogP contribution in [0.25, 0.3) is 0 Å². The molecular weight excluding hydrogens is 168 g/mol. The molecule has 1 unspecified atom stereocenters. The average Bonchev–Trinajstić information content (AvgIpc) is 2.10. The third-order valence-corrected chi connectivity index (χ3v) is 2.65. The van der Waals surface area contributed by atoms with Gasteiger partial charge in [0, 0.05) is 12.2 Å². The van der Waals surface area contributed by atoms with Crippen molar-refractivity contribution in [3.63, 3.8) is 0 Å². The van der Waals surface area contributed by atoms with E-state index < -0.39 is 17.6 Å². The van der Waals surface area contributed by atoms with Crippen LogP contribution in [0.5, 0.6) is 0 Å². The van der Waals surface area contributed by atoms with Gasteiger partial charge in [-0.1, -0.05) is 11.8 Å². The average molecular weight is 174 g/mol.